The summed E-state index contributed by atoms with van der Waals surface area (Å²) in [6.07, 6.45) is -0.453. The van der Waals surface area contributed by atoms with Crippen LogP contribution in [0.25, 0.3) is 0 Å². The molecule has 0 rings (SSSR count). The van der Waals surface area contributed by atoms with Crippen molar-refractivity contribution in [2.45, 2.75) is 45.7 Å². The number of carboxylic acids is 2. The average molecular weight is 260 g/mol. The summed E-state index contributed by atoms with van der Waals surface area (Å²) in [5.74, 6) is -2.12. The summed E-state index contributed by atoms with van der Waals surface area (Å²) in [5, 5.41) is 22.2. The Kier molecular flexibility index (Phi) is 6.77. The van der Waals surface area contributed by atoms with E-state index in [0.29, 0.717) is 0 Å². The first-order chi connectivity index (χ1) is 8.23. The predicted octanol–water partition coefficient (Wildman–Crippen LogP) is 0.648. The number of aliphatic carboxylic acids is 2. The van der Waals surface area contributed by atoms with E-state index in [4.69, 9.17) is 10.2 Å². The smallest absolute Gasteiger partial charge is 0.326 e. The monoisotopic (exact) mass is 260 g/mol. The lowest BCUT2D eigenvalue weighted by Gasteiger charge is -2.20. The summed E-state index contributed by atoms with van der Waals surface area (Å²) >= 11 is 0. The fourth-order valence-electron chi connectivity index (χ4n) is 1.10. The lowest BCUT2D eigenvalue weighted by molar-refractivity contribution is -0.140. The van der Waals surface area contributed by atoms with Gasteiger partial charge in [0.1, 0.15) is 6.04 Å². The van der Waals surface area contributed by atoms with Crippen LogP contribution in [0.2, 0.25) is 0 Å². The first-order valence-corrected chi connectivity index (χ1v) is 5.75. The van der Waals surface area contributed by atoms with Crippen molar-refractivity contribution in [1.29, 1.82) is 0 Å². The van der Waals surface area contributed by atoms with E-state index in [2.05, 4.69) is 10.6 Å². The third-order valence-corrected chi connectivity index (χ3v) is 2.61. The molecule has 2 unspecified atom stereocenters. The summed E-state index contributed by atoms with van der Waals surface area (Å²) < 4.78 is 0. The maximum Gasteiger partial charge on any atom is 0.326 e. The van der Waals surface area contributed by atoms with Crippen LogP contribution in [-0.4, -0.2) is 40.3 Å². The summed E-state index contributed by atoms with van der Waals surface area (Å²) in [4.78, 5) is 32.7. The van der Waals surface area contributed by atoms with Gasteiger partial charge in [0, 0.05) is 12.5 Å². The molecule has 0 aliphatic carbocycles. The van der Waals surface area contributed by atoms with Crippen molar-refractivity contribution in [3.63, 3.8) is 0 Å². The van der Waals surface area contributed by atoms with Gasteiger partial charge in [0.2, 0.25) is 0 Å². The number of rotatable bonds is 7. The molecular formula is C11H20N2O5. The molecule has 0 saturated carbocycles. The molecule has 0 bridgehead atoms. The Morgan fingerprint density at radius 1 is 1.06 bits per heavy atom. The van der Waals surface area contributed by atoms with Crippen LogP contribution in [0.4, 0.5) is 4.79 Å². The third kappa shape index (κ3) is 6.72. The number of carbonyl (C=O) groups excluding carboxylic acids is 1. The van der Waals surface area contributed by atoms with Gasteiger partial charge in [-0.05, 0) is 19.3 Å². The minimum Gasteiger partial charge on any atom is -0.481 e. The quantitative estimate of drug-likeness (QED) is 0.536. The van der Waals surface area contributed by atoms with Crippen LogP contribution in [0.3, 0.4) is 0 Å². The Morgan fingerprint density at radius 2 is 1.61 bits per heavy atom. The molecule has 0 aromatic rings. The number of amides is 2. The topological polar surface area (TPSA) is 116 Å². The maximum absolute atomic E-state index is 11.5. The number of carboxylic acid groups (broad SMARTS) is 2. The Hall–Kier alpha value is -1.79. The largest absolute Gasteiger partial charge is 0.481 e. The van der Waals surface area contributed by atoms with Crippen molar-refractivity contribution in [2.75, 3.05) is 0 Å². The van der Waals surface area contributed by atoms with Crippen molar-refractivity contribution in [3.8, 4) is 0 Å². The van der Waals surface area contributed by atoms with Crippen LogP contribution in [0.15, 0.2) is 0 Å². The van der Waals surface area contributed by atoms with E-state index >= 15 is 0 Å². The minimum absolute atomic E-state index is 0.0982. The SMILES string of the molecule is CC(C)C(C)NC(=O)NC(CCC(=O)O)C(=O)O. The van der Waals surface area contributed by atoms with Crippen LogP contribution in [0.5, 0.6) is 0 Å². The molecule has 0 aliphatic heterocycles. The highest BCUT2D eigenvalue weighted by Crippen LogP contribution is 2.01. The van der Waals surface area contributed by atoms with Gasteiger partial charge in [0.05, 0.1) is 0 Å². The highest BCUT2D eigenvalue weighted by molar-refractivity contribution is 5.83. The molecule has 7 heteroatoms. The molecule has 0 heterocycles. The second kappa shape index (κ2) is 7.52. The normalized spacial score (nSPS) is 13.8. The highest BCUT2D eigenvalue weighted by Gasteiger charge is 2.21. The van der Waals surface area contributed by atoms with Crippen LogP contribution in [0, 0.1) is 5.92 Å². The van der Waals surface area contributed by atoms with E-state index in [1.54, 1.807) is 6.92 Å². The molecular weight excluding hydrogens is 240 g/mol. The van der Waals surface area contributed by atoms with E-state index in [9.17, 15) is 14.4 Å². The van der Waals surface area contributed by atoms with E-state index in [1.807, 2.05) is 13.8 Å². The zero-order chi connectivity index (χ0) is 14.3. The van der Waals surface area contributed by atoms with Crippen molar-refractivity contribution in [3.05, 3.63) is 0 Å². The second-order valence-electron chi connectivity index (χ2n) is 4.47. The molecule has 7 nitrogen and oxygen atoms in total. The van der Waals surface area contributed by atoms with E-state index in [1.165, 1.54) is 0 Å². The summed E-state index contributed by atoms with van der Waals surface area (Å²) in [7, 11) is 0. The number of hydrogen-bond acceptors (Lipinski definition) is 3. The Bertz CT molecular complexity index is 317. The zero-order valence-electron chi connectivity index (χ0n) is 10.8. The molecule has 104 valence electrons. The number of nitrogens with one attached hydrogen (secondary N) is 2. The van der Waals surface area contributed by atoms with E-state index in [-0.39, 0.29) is 24.8 Å². The lowest BCUT2D eigenvalue weighted by atomic mass is 10.1. The van der Waals surface area contributed by atoms with Crippen LogP contribution < -0.4 is 10.6 Å². The van der Waals surface area contributed by atoms with Crippen molar-refractivity contribution in [2.24, 2.45) is 5.92 Å². The lowest BCUT2D eigenvalue weighted by Crippen LogP contribution is -2.49. The van der Waals surface area contributed by atoms with Gasteiger partial charge >= 0.3 is 18.0 Å². The van der Waals surface area contributed by atoms with Gasteiger partial charge in [-0.3, -0.25) is 4.79 Å². The van der Waals surface area contributed by atoms with Crippen LogP contribution in [0.1, 0.15) is 33.6 Å². The van der Waals surface area contributed by atoms with Gasteiger partial charge in [-0.2, -0.15) is 0 Å². The van der Waals surface area contributed by atoms with Crippen LogP contribution >= 0.6 is 0 Å². The maximum atomic E-state index is 11.5. The summed E-state index contributed by atoms with van der Waals surface area (Å²) in [5.41, 5.74) is 0. The molecule has 2 atom stereocenters. The van der Waals surface area contributed by atoms with Gasteiger partial charge in [-0.1, -0.05) is 13.8 Å². The zero-order valence-corrected chi connectivity index (χ0v) is 10.8. The Balaban J connectivity index is 4.28. The number of hydrogen-bond donors (Lipinski definition) is 4. The summed E-state index contributed by atoms with van der Waals surface area (Å²) in [6, 6.07) is -1.90. The fourth-order valence-corrected chi connectivity index (χ4v) is 1.10. The highest BCUT2D eigenvalue weighted by atomic mass is 16.4. The fraction of sp³-hybridized carbons (Fsp3) is 0.727. The second-order valence-corrected chi connectivity index (χ2v) is 4.47. The minimum atomic E-state index is -1.25. The van der Waals surface area contributed by atoms with Gasteiger partial charge in [-0.15, -0.1) is 0 Å². The van der Waals surface area contributed by atoms with E-state index < -0.39 is 24.0 Å². The van der Waals surface area contributed by atoms with E-state index in [0.717, 1.165) is 0 Å². The molecule has 0 saturated heterocycles. The van der Waals surface area contributed by atoms with Crippen LogP contribution in [-0.2, 0) is 9.59 Å². The van der Waals surface area contributed by atoms with Gasteiger partial charge in [0.15, 0.2) is 0 Å². The Morgan fingerprint density at radius 3 is 2.00 bits per heavy atom. The molecule has 0 aromatic carbocycles. The van der Waals surface area contributed by atoms with Crippen molar-refractivity contribution in [1.82, 2.24) is 10.6 Å². The molecule has 0 aromatic heterocycles. The van der Waals surface area contributed by atoms with Gasteiger partial charge in [-0.25, -0.2) is 9.59 Å². The standard InChI is InChI=1S/C11H20N2O5/c1-6(2)7(3)12-11(18)13-8(10(16)17)4-5-9(14)15/h6-8H,4-5H2,1-3H3,(H,14,15)(H,16,17)(H2,12,13,18). The summed E-state index contributed by atoms with van der Waals surface area (Å²) in [6.45, 7) is 5.64. The molecule has 0 fully saturated rings. The Labute approximate surface area is 106 Å². The molecule has 0 spiro atoms. The predicted molar refractivity (Wildman–Crippen MR) is 64.3 cm³/mol. The first kappa shape index (κ1) is 16.2. The van der Waals surface area contributed by atoms with Crippen molar-refractivity contribution < 1.29 is 24.6 Å². The molecule has 4 N–H and O–H groups in total. The molecule has 0 aliphatic rings. The first-order valence-electron chi connectivity index (χ1n) is 5.75. The van der Waals surface area contributed by atoms with Gasteiger partial charge < -0.3 is 20.8 Å². The molecule has 18 heavy (non-hydrogen) atoms. The molecule has 2 amide bonds. The van der Waals surface area contributed by atoms with Gasteiger partial charge in [0.25, 0.3) is 0 Å². The average Bonchev–Trinajstić information content (AvgIpc) is 2.23. The molecule has 0 radical (unpaired) electrons. The van der Waals surface area contributed by atoms with Crippen molar-refractivity contribution >= 4 is 18.0 Å². The number of carbonyl (C=O) groups is 3. The third-order valence-electron chi connectivity index (χ3n) is 2.61. The number of urea groups is 1.